The Morgan fingerprint density at radius 2 is 1.83 bits per heavy atom. The quantitative estimate of drug-likeness (QED) is 0.165. The number of rotatable bonds is 11. The van der Waals surface area contributed by atoms with Crippen molar-refractivity contribution in [2.45, 2.75) is 75.5 Å². The number of nitrogens with zero attached hydrogens (tertiary/aromatic N) is 1. The summed E-state index contributed by atoms with van der Waals surface area (Å²) in [5, 5.41) is 38.3. The first-order chi connectivity index (χ1) is 13.9. The van der Waals surface area contributed by atoms with Gasteiger partial charge < -0.3 is 52.0 Å². The van der Waals surface area contributed by atoms with Crippen molar-refractivity contribution in [1.82, 2.24) is 4.90 Å². The third-order valence-electron chi connectivity index (χ3n) is 4.77. The summed E-state index contributed by atoms with van der Waals surface area (Å²) < 4.78 is 10.7. The van der Waals surface area contributed by atoms with Crippen LogP contribution in [0.5, 0.6) is 0 Å². The zero-order valence-corrected chi connectivity index (χ0v) is 17.0. The first kappa shape index (κ1) is 26.2. The van der Waals surface area contributed by atoms with Crippen LogP contribution >= 0.6 is 0 Å². The number of carbonyl (C=O) groups is 3. The number of carboxylic acids is 1. The number of aliphatic hydroxyl groups is 3. The van der Waals surface area contributed by atoms with Gasteiger partial charge in [-0.05, 0) is 20.3 Å². The average Bonchev–Trinajstić information content (AvgIpc) is 2.66. The van der Waals surface area contributed by atoms with Crippen molar-refractivity contribution in [2.24, 2.45) is 17.2 Å². The zero-order valence-electron chi connectivity index (χ0n) is 17.0. The van der Waals surface area contributed by atoms with Crippen LogP contribution in [0.15, 0.2) is 0 Å². The highest BCUT2D eigenvalue weighted by atomic mass is 16.6. The number of primary amides is 1. The molecule has 0 spiro atoms. The average molecular weight is 436 g/mol. The van der Waals surface area contributed by atoms with Crippen LogP contribution in [-0.2, 0) is 23.9 Å². The minimum atomic E-state index is -1.50. The lowest BCUT2D eigenvalue weighted by Crippen LogP contribution is -2.64. The molecule has 0 bridgehead atoms. The predicted molar refractivity (Wildman–Crippen MR) is 101 cm³/mol. The molecule has 1 heterocycles. The Labute approximate surface area is 173 Å². The number of ether oxygens (including phenoxy) is 2. The molecule has 13 nitrogen and oxygen atoms in total. The van der Waals surface area contributed by atoms with Crippen molar-refractivity contribution >= 4 is 17.8 Å². The Balaban J connectivity index is 3.00. The summed E-state index contributed by atoms with van der Waals surface area (Å²) >= 11 is 0. The molecule has 1 saturated heterocycles. The summed E-state index contributed by atoms with van der Waals surface area (Å²) in [6.07, 6.45) is -6.62. The van der Waals surface area contributed by atoms with Crippen molar-refractivity contribution in [3.63, 3.8) is 0 Å². The molecule has 1 aliphatic heterocycles. The second kappa shape index (κ2) is 11.5. The second-order valence-electron chi connectivity index (χ2n) is 7.36. The molecule has 174 valence electrons. The van der Waals surface area contributed by atoms with E-state index in [-0.39, 0.29) is 13.0 Å². The maximum atomic E-state index is 12.6. The van der Waals surface area contributed by atoms with Crippen LogP contribution in [0.1, 0.15) is 26.7 Å². The number of carboxylic acid groups (broad SMARTS) is 1. The molecule has 13 heteroatoms. The molecule has 0 radical (unpaired) electrons. The molecule has 1 fully saturated rings. The smallest absolute Gasteiger partial charge is 0.303 e. The van der Waals surface area contributed by atoms with Crippen molar-refractivity contribution in [1.29, 1.82) is 0 Å². The highest BCUT2D eigenvalue weighted by Crippen LogP contribution is 2.23. The van der Waals surface area contributed by atoms with Crippen LogP contribution in [0.25, 0.3) is 0 Å². The van der Waals surface area contributed by atoms with Gasteiger partial charge in [0.2, 0.25) is 11.8 Å². The molecule has 1 rings (SSSR count). The first-order valence-corrected chi connectivity index (χ1v) is 9.51. The van der Waals surface area contributed by atoms with Gasteiger partial charge in [0, 0.05) is 13.0 Å². The van der Waals surface area contributed by atoms with Gasteiger partial charge in [-0.25, -0.2) is 0 Å². The SMILES string of the molecule is CC(CN(C(=O)[C@H](C)N)[C@H](CCC(=O)O)C(N)=O)O[C@@H]1[C@@H](N)[C@@H](O)O[C@H](CO)[C@H]1O. The third kappa shape index (κ3) is 6.84. The summed E-state index contributed by atoms with van der Waals surface area (Å²) in [6.45, 7) is 2.11. The Hall–Kier alpha value is -1.87. The Morgan fingerprint density at radius 1 is 1.23 bits per heavy atom. The van der Waals surface area contributed by atoms with Gasteiger partial charge in [-0.3, -0.25) is 14.4 Å². The van der Waals surface area contributed by atoms with E-state index >= 15 is 0 Å². The van der Waals surface area contributed by atoms with Gasteiger partial charge in [-0.2, -0.15) is 0 Å². The fraction of sp³-hybridized carbons (Fsp3) is 0.824. The van der Waals surface area contributed by atoms with Gasteiger partial charge >= 0.3 is 5.97 Å². The molecule has 10 N–H and O–H groups in total. The van der Waals surface area contributed by atoms with Gasteiger partial charge in [-0.15, -0.1) is 0 Å². The molecule has 0 saturated carbocycles. The van der Waals surface area contributed by atoms with Crippen molar-refractivity contribution < 1.29 is 44.3 Å². The highest BCUT2D eigenvalue weighted by Gasteiger charge is 2.44. The van der Waals surface area contributed by atoms with E-state index in [9.17, 15) is 29.7 Å². The van der Waals surface area contributed by atoms with Crippen LogP contribution in [-0.4, -0.2) is 105 Å². The molecular weight excluding hydrogens is 404 g/mol. The Bertz CT molecular complexity index is 606. The van der Waals surface area contributed by atoms with Crippen molar-refractivity contribution in [3.8, 4) is 0 Å². The molecule has 8 atom stereocenters. The van der Waals surface area contributed by atoms with Crippen LogP contribution in [0.3, 0.4) is 0 Å². The minimum Gasteiger partial charge on any atom is -0.481 e. The molecular formula is C17H32N4O9. The predicted octanol–water partition coefficient (Wildman–Crippen LogP) is -3.95. The van der Waals surface area contributed by atoms with Gasteiger partial charge in [-0.1, -0.05) is 0 Å². The molecule has 0 aliphatic carbocycles. The number of aliphatic hydroxyl groups excluding tert-OH is 3. The third-order valence-corrected chi connectivity index (χ3v) is 4.77. The largest absolute Gasteiger partial charge is 0.481 e. The lowest BCUT2D eigenvalue weighted by Gasteiger charge is -2.42. The number of carbonyl (C=O) groups excluding carboxylic acids is 2. The maximum absolute atomic E-state index is 12.6. The minimum absolute atomic E-state index is 0.218. The molecule has 0 aromatic heterocycles. The van der Waals surface area contributed by atoms with E-state index in [0.717, 1.165) is 4.90 Å². The molecule has 30 heavy (non-hydrogen) atoms. The van der Waals surface area contributed by atoms with E-state index in [1.807, 2.05) is 0 Å². The van der Waals surface area contributed by atoms with Crippen molar-refractivity contribution in [3.05, 3.63) is 0 Å². The Morgan fingerprint density at radius 3 is 2.30 bits per heavy atom. The number of aliphatic carboxylic acids is 1. The van der Waals surface area contributed by atoms with Crippen LogP contribution in [0, 0.1) is 0 Å². The second-order valence-corrected chi connectivity index (χ2v) is 7.36. The summed E-state index contributed by atoms with van der Waals surface area (Å²) in [4.78, 5) is 36.4. The van der Waals surface area contributed by atoms with Crippen LogP contribution < -0.4 is 17.2 Å². The molecule has 2 amide bonds. The summed E-state index contributed by atoms with van der Waals surface area (Å²) in [5.74, 6) is -2.72. The van der Waals surface area contributed by atoms with E-state index in [1.165, 1.54) is 13.8 Å². The van der Waals surface area contributed by atoms with E-state index in [4.69, 9.17) is 31.8 Å². The lowest BCUT2D eigenvalue weighted by molar-refractivity contribution is -0.263. The maximum Gasteiger partial charge on any atom is 0.303 e. The van der Waals surface area contributed by atoms with E-state index in [2.05, 4.69) is 0 Å². The molecule has 1 aliphatic rings. The first-order valence-electron chi connectivity index (χ1n) is 9.51. The lowest BCUT2D eigenvalue weighted by atomic mass is 9.97. The molecule has 1 unspecified atom stereocenters. The molecule has 0 aromatic carbocycles. The van der Waals surface area contributed by atoms with Gasteiger partial charge in [0.05, 0.1) is 24.8 Å². The number of amides is 2. The monoisotopic (exact) mass is 436 g/mol. The normalized spacial score (nSPS) is 29.6. The van der Waals surface area contributed by atoms with Gasteiger partial charge in [0.25, 0.3) is 0 Å². The fourth-order valence-electron chi connectivity index (χ4n) is 3.21. The van der Waals surface area contributed by atoms with E-state index < -0.39 is 79.6 Å². The molecule has 0 aromatic rings. The van der Waals surface area contributed by atoms with Gasteiger partial charge in [0.1, 0.15) is 24.4 Å². The fourth-order valence-corrected chi connectivity index (χ4v) is 3.21. The Kier molecular flexibility index (Phi) is 10.0. The van der Waals surface area contributed by atoms with Crippen molar-refractivity contribution in [2.75, 3.05) is 13.2 Å². The standard InChI is InChI=1S/C17H32N4O9/c1-7(29-14-12(19)17(28)30-10(6-22)13(14)25)5-21(16(27)8(2)18)9(15(20)26)3-4-11(23)24/h7-10,12-14,17,22,25,28H,3-6,18-19H2,1-2H3,(H2,20,26)(H,23,24)/t7?,8-,9+,10+,12+,13+,14+,17-/m0/s1. The van der Waals surface area contributed by atoms with Gasteiger partial charge in [0.15, 0.2) is 6.29 Å². The number of hydrogen-bond acceptors (Lipinski definition) is 10. The van der Waals surface area contributed by atoms with E-state index in [1.54, 1.807) is 0 Å². The summed E-state index contributed by atoms with van der Waals surface area (Å²) in [5.41, 5.74) is 16.9. The highest BCUT2D eigenvalue weighted by molar-refractivity contribution is 5.89. The number of hydrogen-bond donors (Lipinski definition) is 7. The zero-order chi connectivity index (χ0) is 23.2. The van der Waals surface area contributed by atoms with Crippen LogP contribution in [0.4, 0.5) is 0 Å². The van der Waals surface area contributed by atoms with E-state index in [0.29, 0.717) is 0 Å². The topological polar surface area (TPSA) is 232 Å². The number of nitrogens with two attached hydrogens (primary N) is 3. The summed E-state index contributed by atoms with van der Waals surface area (Å²) in [6, 6.07) is -3.39. The van der Waals surface area contributed by atoms with Crippen LogP contribution in [0.2, 0.25) is 0 Å². The summed E-state index contributed by atoms with van der Waals surface area (Å²) in [7, 11) is 0.